The van der Waals surface area contributed by atoms with Gasteiger partial charge < -0.3 is 14.8 Å². The van der Waals surface area contributed by atoms with Crippen molar-refractivity contribution >= 4 is 52.3 Å². The van der Waals surface area contributed by atoms with E-state index in [0.29, 0.717) is 39.9 Å². The predicted octanol–water partition coefficient (Wildman–Crippen LogP) is 6.85. The second-order valence-corrected chi connectivity index (χ2v) is 9.69. The topological polar surface area (TPSA) is 80.1 Å². The summed E-state index contributed by atoms with van der Waals surface area (Å²) in [7, 11) is 1.58. The van der Waals surface area contributed by atoms with Crippen molar-refractivity contribution in [1.82, 2.24) is 9.97 Å². The molecule has 174 valence electrons. The van der Waals surface area contributed by atoms with Crippen molar-refractivity contribution in [3.8, 4) is 17.5 Å². The highest BCUT2D eigenvalue weighted by molar-refractivity contribution is 6.70. The number of nitrogens with one attached hydrogen (secondary N) is 1. The molecule has 0 amide bonds. The minimum Gasteiger partial charge on any atom is -0.493 e. The lowest BCUT2D eigenvalue weighted by Gasteiger charge is -2.40. The van der Waals surface area contributed by atoms with Crippen LogP contribution >= 0.6 is 23.2 Å². The summed E-state index contributed by atoms with van der Waals surface area (Å²) in [4.78, 5) is 8.65. The maximum Gasteiger partial charge on any atom is 0.274 e. The highest BCUT2D eigenvalue weighted by Crippen LogP contribution is 2.48. The van der Waals surface area contributed by atoms with Crippen LogP contribution in [-0.4, -0.2) is 29.9 Å². The third-order valence-electron chi connectivity index (χ3n) is 6.95. The van der Waals surface area contributed by atoms with Crippen molar-refractivity contribution in [2.45, 2.75) is 49.8 Å². The van der Waals surface area contributed by atoms with E-state index in [-0.39, 0.29) is 28.5 Å². The molecular formula is C24H22BCl2FN4O2. The molecule has 0 saturated carbocycles. The van der Waals surface area contributed by atoms with E-state index in [9.17, 15) is 9.65 Å². The van der Waals surface area contributed by atoms with E-state index in [1.165, 1.54) is 24.9 Å². The standard InChI is InChI=1S/C24H22BCl2FN4O2/c1-33-20-10-19-16(24(31-12-30-19)32-18-6-5-17(26)22(27)23(18)28)9-21(20)34-15-7-13-3-2-4-14(8-15)25(13)11-29/h5-6,9-10,12-15H,2-4,7-8H2,1H3,(H,30,31,32). The summed E-state index contributed by atoms with van der Waals surface area (Å²) in [6.45, 7) is 0.123. The highest BCUT2D eigenvalue weighted by atomic mass is 35.5. The van der Waals surface area contributed by atoms with Crippen molar-refractivity contribution in [3.63, 3.8) is 0 Å². The van der Waals surface area contributed by atoms with Gasteiger partial charge in [-0.15, -0.1) is 0 Å². The first kappa shape index (κ1) is 23.0. The molecule has 3 heterocycles. The summed E-state index contributed by atoms with van der Waals surface area (Å²) >= 11 is 11.9. The Balaban J connectivity index is 1.47. The number of rotatable bonds is 5. The van der Waals surface area contributed by atoms with Crippen LogP contribution in [0.4, 0.5) is 15.9 Å². The number of methoxy groups -OCH3 is 1. The van der Waals surface area contributed by atoms with Crippen LogP contribution in [0.15, 0.2) is 30.6 Å². The van der Waals surface area contributed by atoms with Crippen molar-refractivity contribution in [2.75, 3.05) is 12.4 Å². The maximum atomic E-state index is 14.6. The highest BCUT2D eigenvalue weighted by Gasteiger charge is 2.44. The van der Waals surface area contributed by atoms with Gasteiger partial charge in [-0.05, 0) is 42.7 Å². The molecule has 1 N–H and O–H groups in total. The number of aromatic nitrogens is 2. The average molecular weight is 499 g/mol. The molecule has 2 fully saturated rings. The zero-order valence-electron chi connectivity index (χ0n) is 18.5. The molecule has 2 aromatic carbocycles. The van der Waals surface area contributed by atoms with Crippen LogP contribution in [-0.2, 0) is 0 Å². The molecular weight excluding hydrogens is 477 g/mol. The number of ether oxygens (including phenoxy) is 2. The van der Waals surface area contributed by atoms with Gasteiger partial charge in [0.1, 0.15) is 12.1 Å². The van der Waals surface area contributed by atoms with Gasteiger partial charge in [-0.3, -0.25) is 0 Å². The van der Waals surface area contributed by atoms with Crippen LogP contribution in [0.1, 0.15) is 32.1 Å². The van der Waals surface area contributed by atoms with Gasteiger partial charge in [0.05, 0.1) is 34.5 Å². The summed E-state index contributed by atoms with van der Waals surface area (Å²) < 4.78 is 26.7. The van der Waals surface area contributed by atoms with E-state index in [1.54, 1.807) is 13.2 Å². The van der Waals surface area contributed by atoms with E-state index < -0.39 is 5.82 Å². The Kier molecular flexibility index (Phi) is 6.41. The number of benzene rings is 2. The fourth-order valence-corrected chi connectivity index (χ4v) is 5.65. The number of anilines is 2. The normalized spacial score (nSPS) is 21.7. The molecule has 2 unspecified atom stereocenters. The smallest absolute Gasteiger partial charge is 0.274 e. The quantitative estimate of drug-likeness (QED) is 0.306. The molecule has 0 spiro atoms. The van der Waals surface area contributed by atoms with Gasteiger partial charge in [0.15, 0.2) is 17.3 Å². The van der Waals surface area contributed by atoms with Crippen LogP contribution < -0.4 is 14.8 Å². The van der Waals surface area contributed by atoms with Crippen molar-refractivity contribution in [1.29, 1.82) is 5.26 Å². The number of hydrogen-bond acceptors (Lipinski definition) is 6. The molecule has 34 heavy (non-hydrogen) atoms. The Morgan fingerprint density at radius 1 is 1.15 bits per heavy atom. The number of fused-ring (bicyclic) bond motifs is 3. The monoisotopic (exact) mass is 498 g/mol. The number of nitrogens with zero attached hydrogens (tertiary/aromatic N) is 3. The lowest BCUT2D eigenvalue weighted by molar-refractivity contribution is 0.150. The van der Waals surface area contributed by atoms with Crippen LogP contribution in [0, 0.1) is 17.0 Å². The molecule has 5 rings (SSSR count). The second kappa shape index (κ2) is 9.48. The molecule has 2 aliphatic heterocycles. The van der Waals surface area contributed by atoms with Gasteiger partial charge in [0.25, 0.3) is 6.71 Å². The van der Waals surface area contributed by atoms with Crippen molar-refractivity contribution in [3.05, 3.63) is 46.5 Å². The van der Waals surface area contributed by atoms with Crippen LogP contribution in [0.25, 0.3) is 10.9 Å². The lowest BCUT2D eigenvalue weighted by atomic mass is 9.28. The van der Waals surface area contributed by atoms with Gasteiger partial charge >= 0.3 is 0 Å². The van der Waals surface area contributed by atoms with E-state index in [2.05, 4.69) is 21.3 Å². The summed E-state index contributed by atoms with van der Waals surface area (Å²) in [6.07, 6.45) is 6.41. The zero-order valence-corrected chi connectivity index (χ0v) is 20.0. The predicted molar refractivity (Wildman–Crippen MR) is 132 cm³/mol. The third-order valence-corrected chi connectivity index (χ3v) is 7.73. The molecule has 10 heteroatoms. The van der Waals surface area contributed by atoms with E-state index in [0.717, 1.165) is 25.7 Å². The van der Waals surface area contributed by atoms with E-state index in [4.69, 9.17) is 32.7 Å². The van der Waals surface area contributed by atoms with Gasteiger partial charge in [0, 0.05) is 17.4 Å². The summed E-state index contributed by atoms with van der Waals surface area (Å²) in [5.74, 6) is 4.13. The SMILES string of the molecule is COc1cc2ncnc(Nc3ccc(Cl)c(Cl)c3F)c2cc1OC1CC2CCCC(C1)B2C#N. The van der Waals surface area contributed by atoms with Gasteiger partial charge in [-0.25, -0.2) is 19.6 Å². The number of hydrogen-bond donors (Lipinski definition) is 1. The Bertz CT molecular complexity index is 1270. The van der Waals surface area contributed by atoms with Gasteiger partial charge in [-0.2, -0.15) is 0 Å². The summed E-state index contributed by atoms with van der Waals surface area (Å²) in [6, 6.07) is 6.62. The molecule has 2 aliphatic rings. The lowest BCUT2D eigenvalue weighted by Crippen LogP contribution is -2.40. The first-order valence-electron chi connectivity index (χ1n) is 11.3. The number of nitriles is 1. The average Bonchev–Trinajstić information content (AvgIpc) is 2.83. The van der Waals surface area contributed by atoms with E-state index in [1.807, 2.05) is 6.07 Å². The molecule has 2 bridgehead atoms. The molecule has 0 radical (unpaired) electrons. The van der Waals surface area contributed by atoms with Crippen LogP contribution in [0.5, 0.6) is 11.5 Å². The molecule has 2 saturated heterocycles. The maximum absolute atomic E-state index is 14.6. The van der Waals surface area contributed by atoms with Crippen LogP contribution in [0.3, 0.4) is 0 Å². The fraction of sp³-hybridized carbons (Fsp3) is 0.375. The Hall–Kier alpha value is -2.76. The van der Waals surface area contributed by atoms with E-state index >= 15 is 0 Å². The van der Waals surface area contributed by atoms with Crippen LogP contribution in [0.2, 0.25) is 21.7 Å². The zero-order chi connectivity index (χ0) is 23.8. The number of halogens is 3. The van der Waals surface area contributed by atoms with Gasteiger partial charge in [-0.1, -0.05) is 42.5 Å². The fourth-order valence-electron chi connectivity index (χ4n) is 5.34. The van der Waals surface area contributed by atoms with Crippen molar-refractivity contribution < 1.29 is 13.9 Å². The first-order chi connectivity index (χ1) is 16.5. The Labute approximate surface area is 207 Å². The largest absolute Gasteiger partial charge is 0.493 e. The minimum absolute atomic E-state index is 0.000180. The molecule has 3 aromatic rings. The molecule has 6 nitrogen and oxygen atoms in total. The molecule has 0 aliphatic carbocycles. The minimum atomic E-state index is -0.660. The molecule has 2 atom stereocenters. The Morgan fingerprint density at radius 3 is 2.62 bits per heavy atom. The van der Waals surface area contributed by atoms with Gasteiger partial charge in [0.2, 0.25) is 0 Å². The first-order valence-corrected chi connectivity index (χ1v) is 12.0. The second-order valence-electron chi connectivity index (χ2n) is 8.91. The van der Waals surface area contributed by atoms with Crippen molar-refractivity contribution in [2.24, 2.45) is 0 Å². The molecule has 1 aromatic heterocycles. The summed E-state index contributed by atoms with van der Waals surface area (Å²) in [5.41, 5.74) is 0.766. The third kappa shape index (κ3) is 4.23. The Morgan fingerprint density at radius 2 is 1.91 bits per heavy atom. The summed E-state index contributed by atoms with van der Waals surface area (Å²) in [5, 5.41) is 13.2.